The number of halogens is 1. The molecule has 0 aliphatic carbocycles. The molecular formula is C10H8ClNO4. The molecule has 0 spiro atoms. The number of carbonyl (C=O) groups is 2. The summed E-state index contributed by atoms with van der Waals surface area (Å²) in [5.41, 5.74) is 0.308. The molecule has 5 nitrogen and oxygen atoms in total. The molecular weight excluding hydrogens is 234 g/mol. The molecule has 6 heteroatoms. The van der Waals surface area contributed by atoms with Crippen LogP contribution in [0.5, 0.6) is 0 Å². The van der Waals surface area contributed by atoms with Crippen LogP contribution in [-0.4, -0.2) is 22.9 Å². The normalized spacial score (nSPS) is 9.88. The Morgan fingerprint density at radius 3 is 2.62 bits per heavy atom. The van der Waals surface area contributed by atoms with Crippen LogP contribution in [-0.2, 0) is 0 Å². The van der Waals surface area contributed by atoms with E-state index in [-0.39, 0.29) is 22.7 Å². The molecule has 0 aromatic heterocycles. The number of aryl methyl sites for hydroxylation is 1. The highest BCUT2D eigenvalue weighted by atomic mass is 35.5. The maximum absolute atomic E-state index is 11.4. The van der Waals surface area contributed by atoms with E-state index >= 15 is 0 Å². The van der Waals surface area contributed by atoms with Crippen molar-refractivity contribution in [1.29, 1.82) is 0 Å². The summed E-state index contributed by atoms with van der Waals surface area (Å²) in [7, 11) is 0. The maximum Gasteiger partial charge on any atom is 0.270 e. The number of benzene rings is 1. The Labute approximate surface area is 96.2 Å². The number of alkyl halides is 1. The predicted octanol–water partition coefficient (Wildman–Crippen LogP) is 2.14. The molecule has 1 aromatic rings. The summed E-state index contributed by atoms with van der Waals surface area (Å²) >= 11 is 5.36. The van der Waals surface area contributed by atoms with Crippen molar-refractivity contribution in [1.82, 2.24) is 0 Å². The molecule has 16 heavy (non-hydrogen) atoms. The summed E-state index contributed by atoms with van der Waals surface area (Å²) in [6, 6.07) is 2.32. The number of aldehydes is 1. The molecule has 0 unspecified atom stereocenters. The third-order valence-corrected chi connectivity index (χ3v) is 2.36. The maximum atomic E-state index is 11.4. The monoisotopic (exact) mass is 241 g/mol. The van der Waals surface area contributed by atoms with Gasteiger partial charge >= 0.3 is 0 Å². The van der Waals surface area contributed by atoms with Crippen LogP contribution in [0.4, 0.5) is 5.69 Å². The van der Waals surface area contributed by atoms with E-state index in [0.717, 1.165) is 6.07 Å². The first-order valence-corrected chi connectivity index (χ1v) is 4.88. The minimum Gasteiger partial charge on any atom is -0.298 e. The molecule has 0 fully saturated rings. The van der Waals surface area contributed by atoms with Gasteiger partial charge in [0.2, 0.25) is 0 Å². The summed E-state index contributed by atoms with van der Waals surface area (Å²) in [6.07, 6.45) is 0.499. The van der Waals surface area contributed by atoms with Crippen molar-refractivity contribution >= 4 is 29.4 Å². The first-order chi connectivity index (χ1) is 7.51. The van der Waals surface area contributed by atoms with Crippen molar-refractivity contribution in [2.75, 3.05) is 5.88 Å². The van der Waals surface area contributed by atoms with Crippen molar-refractivity contribution in [2.45, 2.75) is 6.92 Å². The quantitative estimate of drug-likeness (QED) is 0.266. The van der Waals surface area contributed by atoms with Gasteiger partial charge in [-0.25, -0.2) is 0 Å². The zero-order valence-corrected chi connectivity index (χ0v) is 9.15. The van der Waals surface area contributed by atoms with Gasteiger partial charge in [0.25, 0.3) is 5.69 Å². The van der Waals surface area contributed by atoms with E-state index in [4.69, 9.17) is 11.6 Å². The van der Waals surface area contributed by atoms with E-state index in [1.54, 1.807) is 0 Å². The van der Waals surface area contributed by atoms with Crippen molar-refractivity contribution in [3.05, 3.63) is 38.9 Å². The first-order valence-electron chi connectivity index (χ1n) is 4.34. The average Bonchev–Trinajstić information content (AvgIpc) is 2.26. The van der Waals surface area contributed by atoms with Gasteiger partial charge in [-0.15, -0.1) is 11.6 Å². The van der Waals surface area contributed by atoms with E-state index < -0.39 is 10.7 Å². The summed E-state index contributed by atoms with van der Waals surface area (Å²) in [5.74, 6) is -0.822. The number of ketones is 1. The lowest BCUT2D eigenvalue weighted by Gasteiger charge is -2.05. The lowest BCUT2D eigenvalue weighted by Crippen LogP contribution is -2.07. The number of nitro benzene ring substituents is 1. The second-order valence-corrected chi connectivity index (χ2v) is 3.42. The minimum absolute atomic E-state index is 0.00306. The van der Waals surface area contributed by atoms with Crippen molar-refractivity contribution in [3.8, 4) is 0 Å². The lowest BCUT2D eigenvalue weighted by atomic mass is 9.99. The Morgan fingerprint density at radius 1 is 1.56 bits per heavy atom. The molecule has 0 radical (unpaired) electrons. The van der Waals surface area contributed by atoms with Crippen molar-refractivity contribution in [2.24, 2.45) is 0 Å². The molecule has 0 N–H and O–H groups in total. The van der Waals surface area contributed by atoms with Crippen LogP contribution in [0, 0.1) is 17.0 Å². The Balaban J connectivity index is 3.48. The smallest absolute Gasteiger partial charge is 0.270 e. The average molecular weight is 242 g/mol. The minimum atomic E-state index is -0.618. The number of rotatable bonds is 4. The van der Waals surface area contributed by atoms with Gasteiger partial charge in [0.1, 0.15) is 0 Å². The van der Waals surface area contributed by atoms with Crippen LogP contribution in [0.1, 0.15) is 26.3 Å². The number of nitro groups is 1. The van der Waals surface area contributed by atoms with Crippen LogP contribution in [0.3, 0.4) is 0 Å². The van der Waals surface area contributed by atoms with E-state index in [9.17, 15) is 19.7 Å². The first kappa shape index (κ1) is 12.3. The summed E-state index contributed by atoms with van der Waals surface area (Å²) in [6.45, 7) is 1.53. The molecule has 1 rings (SSSR count). The predicted molar refractivity (Wildman–Crippen MR) is 58.3 cm³/mol. The fourth-order valence-corrected chi connectivity index (χ4v) is 1.49. The lowest BCUT2D eigenvalue weighted by molar-refractivity contribution is -0.384. The van der Waals surface area contributed by atoms with Crippen molar-refractivity contribution in [3.63, 3.8) is 0 Å². The molecule has 0 atom stereocenters. The van der Waals surface area contributed by atoms with Gasteiger partial charge in [0.05, 0.1) is 10.8 Å². The van der Waals surface area contributed by atoms with Gasteiger partial charge in [-0.2, -0.15) is 0 Å². The van der Waals surface area contributed by atoms with Gasteiger partial charge in [-0.05, 0) is 12.5 Å². The van der Waals surface area contributed by atoms with Crippen LogP contribution in [0.25, 0.3) is 0 Å². The second-order valence-electron chi connectivity index (χ2n) is 3.16. The largest absolute Gasteiger partial charge is 0.298 e. The molecule has 1 aromatic carbocycles. The molecule has 0 aliphatic heterocycles. The van der Waals surface area contributed by atoms with Crippen LogP contribution < -0.4 is 0 Å². The highest BCUT2D eigenvalue weighted by Crippen LogP contribution is 2.21. The van der Waals surface area contributed by atoms with Crippen LogP contribution in [0.15, 0.2) is 12.1 Å². The van der Waals surface area contributed by atoms with Gasteiger partial charge in [-0.3, -0.25) is 19.7 Å². The topological polar surface area (TPSA) is 77.3 Å². The summed E-state index contributed by atoms with van der Waals surface area (Å²) in [5, 5.41) is 10.6. The van der Waals surface area contributed by atoms with Crippen LogP contribution >= 0.6 is 11.6 Å². The van der Waals surface area contributed by atoms with Gasteiger partial charge in [0, 0.05) is 23.3 Å². The Kier molecular flexibility index (Phi) is 3.73. The van der Waals surface area contributed by atoms with Gasteiger partial charge in [-0.1, -0.05) is 0 Å². The van der Waals surface area contributed by atoms with E-state index in [2.05, 4.69) is 0 Å². The van der Waals surface area contributed by atoms with Crippen LogP contribution in [0.2, 0.25) is 0 Å². The van der Waals surface area contributed by atoms with Gasteiger partial charge < -0.3 is 0 Å². The third-order valence-electron chi connectivity index (χ3n) is 2.12. The Morgan fingerprint density at radius 2 is 2.19 bits per heavy atom. The second kappa shape index (κ2) is 4.85. The number of non-ortho nitro benzene ring substituents is 1. The summed E-state index contributed by atoms with van der Waals surface area (Å²) in [4.78, 5) is 32.2. The molecule has 0 heterocycles. The van der Waals surface area contributed by atoms with Gasteiger partial charge in [0.15, 0.2) is 12.1 Å². The van der Waals surface area contributed by atoms with E-state index in [0.29, 0.717) is 11.8 Å². The Hall–Kier alpha value is -1.75. The third kappa shape index (κ3) is 2.25. The zero-order chi connectivity index (χ0) is 12.3. The highest BCUT2D eigenvalue weighted by molar-refractivity contribution is 6.31. The molecule has 0 saturated heterocycles. The van der Waals surface area contributed by atoms with E-state index in [1.807, 2.05) is 0 Å². The molecule has 0 bridgehead atoms. The SMILES string of the molecule is Cc1cc([N+](=O)[O-])cc(C(=O)CCl)c1C=O. The molecule has 84 valence electrons. The highest BCUT2D eigenvalue weighted by Gasteiger charge is 2.18. The number of nitrogens with zero attached hydrogens (tertiary/aromatic N) is 1. The molecule has 0 aliphatic rings. The Bertz CT molecular complexity index is 470. The van der Waals surface area contributed by atoms with Crippen molar-refractivity contribution < 1.29 is 14.5 Å². The fraction of sp³-hybridized carbons (Fsp3) is 0.200. The number of Topliss-reactive ketones (excluding diaryl/α,β-unsaturated/α-hetero) is 1. The number of hydrogen-bond acceptors (Lipinski definition) is 4. The van der Waals surface area contributed by atoms with E-state index in [1.165, 1.54) is 13.0 Å². The standard InChI is InChI=1S/C10H8ClNO4/c1-6-2-7(12(15)16)3-8(9(6)5-13)10(14)4-11/h2-3,5H,4H2,1H3. The summed E-state index contributed by atoms with van der Waals surface area (Å²) < 4.78 is 0. The number of carbonyl (C=O) groups excluding carboxylic acids is 2. The fourth-order valence-electron chi connectivity index (χ4n) is 1.34. The number of hydrogen-bond donors (Lipinski definition) is 0. The molecule has 0 saturated carbocycles. The molecule has 0 amide bonds. The zero-order valence-electron chi connectivity index (χ0n) is 8.40.